The zero-order valence-corrected chi connectivity index (χ0v) is 13.8. The molecule has 2 heterocycles. The average Bonchev–Trinajstić information content (AvgIpc) is 3.11. The fourth-order valence-electron chi connectivity index (χ4n) is 2.82. The van der Waals surface area contributed by atoms with Crippen molar-refractivity contribution >= 4 is 29.4 Å². The van der Waals surface area contributed by atoms with E-state index in [9.17, 15) is 9.59 Å². The van der Waals surface area contributed by atoms with Crippen molar-refractivity contribution in [2.45, 2.75) is 24.9 Å². The second-order valence-electron chi connectivity index (χ2n) is 5.84. The number of benzene rings is 1. The molecular weight excluding hydrogens is 312 g/mol. The Hall–Kier alpha value is -1.73. The number of nitrogens with one attached hydrogen (secondary N) is 3. The van der Waals surface area contributed by atoms with Crippen molar-refractivity contribution in [3.05, 3.63) is 30.3 Å². The van der Waals surface area contributed by atoms with Crippen molar-refractivity contribution in [1.82, 2.24) is 15.5 Å². The lowest BCUT2D eigenvalue weighted by Gasteiger charge is -2.32. The Bertz CT molecular complexity index is 540. The van der Waals surface area contributed by atoms with Crippen molar-refractivity contribution in [1.29, 1.82) is 0 Å². The van der Waals surface area contributed by atoms with Crippen LogP contribution in [0.4, 0.5) is 10.5 Å². The van der Waals surface area contributed by atoms with E-state index in [1.807, 2.05) is 30.3 Å². The first-order valence-corrected chi connectivity index (χ1v) is 9.10. The van der Waals surface area contributed by atoms with Gasteiger partial charge in [0.15, 0.2) is 0 Å². The molecule has 3 rings (SSSR count). The number of rotatable bonds is 3. The summed E-state index contributed by atoms with van der Waals surface area (Å²) in [6.07, 6.45) is 1.60. The molecule has 1 unspecified atom stereocenters. The number of piperidine rings is 1. The Kier molecular flexibility index (Phi) is 5.40. The first-order valence-electron chi connectivity index (χ1n) is 7.95. The van der Waals surface area contributed by atoms with Gasteiger partial charge in [-0.15, -0.1) is 11.8 Å². The van der Waals surface area contributed by atoms with Crippen LogP contribution >= 0.6 is 11.8 Å². The van der Waals surface area contributed by atoms with E-state index >= 15 is 0 Å². The number of carbonyl (C=O) groups excluding carboxylic acids is 2. The van der Waals surface area contributed by atoms with Gasteiger partial charge in [0.25, 0.3) is 0 Å². The molecule has 3 N–H and O–H groups in total. The second-order valence-corrected chi connectivity index (χ2v) is 6.87. The molecule has 2 aliphatic rings. The molecule has 23 heavy (non-hydrogen) atoms. The smallest absolute Gasteiger partial charge is 0.321 e. The fourth-order valence-corrected chi connectivity index (χ4v) is 3.76. The molecule has 1 atom stereocenters. The van der Waals surface area contributed by atoms with Crippen LogP contribution in [0, 0.1) is 0 Å². The predicted octanol–water partition coefficient (Wildman–Crippen LogP) is 1.46. The lowest BCUT2D eigenvalue weighted by atomic mass is 10.0. The third-order valence-corrected chi connectivity index (χ3v) is 5.13. The van der Waals surface area contributed by atoms with Gasteiger partial charge in [-0.3, -0.25) is 10.1 Å². The zero-order valence-electron chi connectivity index (χ0n) is 13.0. The van der Waals surface area contributed by atoms with E-state index < -0.39 is 0 Å². The first kappa shape index (κ1) is 16.1. The molecule has 1 aromatic rings. The fraction of sp³-hybridized carbons (Fsp3) is 0.500. The van der Waals surface area contributed by atoms with Gasteiger partial charge in [0.2, 0.25) is 5.91 Å². The van der Waals surface area contributed by atoms with Crippen LogP contribution in [-0.2, 0) is 4.79 Å². The SMILES string of the molecule is O=C(NC1CCN(C(=O)Nc2ccccc2)CC1)C1CSCN1. The summed E-state index contributed by atoms with van der Waals surface area (Å²) >= 11 is 1.74. The van der Waals surface area contributed by atoms with Crippen LogP contribution in [0.15, 0.2) is 30.3 Å². The highest BCUT2D eigenvalue weighted by Gasteiger charge is 2.27. The summed E-state index contributed by atoms with van der Waals surface area (Å²) in [6.45, 7) is 1.33. The topological polar surface area (TPSA) is 73.5 Å². The van der Waals surface area contributed by atoms with Crippen molar-refractivity contribution < 1.29 is 9.59 Å². The number of anilines is 1. The summed E-state index contributed by atoms with van der Waals surface area (Å²) < 4.78 is 0. The van der Waals surface area contributed by atoms with Gasteiger partial charge in [0, 0.05) is 36.4 Å². The number of hydrogen-bond donors (Lipinski definition) is 3. The van der Waals surface area contributed by atoms with Gasteiger partial charge in [-0.25, -0.2) is 4.79 Å². The minimum Gasteiger partial charge on any atom is -0.352 e. The third-order valence-electron chi connectivity index (χ3n) is 4.19. The quantitative estimate of drug-likeness (QED) is 0.782. The van der Waals surface area contributed by atoms with Crippen molar-refractivity contribution in [3.63, 3.8) is 0 Å². The number of carbonyl (C=O) groups is 2. The molecule has 0 aliphatic carbocycles. The highest BCUT2D eigenvalue weighted by Crippen LogP contribution is 2.15. The number of urea groups is 1. The molecule has 7 heteroatoms. The molecule has 0 aromatic heterocycles. The Morgan fingerprint density at radius 1 is 1.17 bits per heavy atom. The van der Waals surface area contributed by atoms with Crippen LogP contribution in [0.5, 0.6) is 0 Å². The molecule has 2 aliphatic heterocycles. The highest BCUT2D eigenvalue weighted by atomic mass is 32.2. The van der Waals surface area contributed by atoms with E-state index in [1.54, 1.807) is 16.7 Å². The molecule has 0 radical (unpaired) electrons. The maximum atomic E-state index is 12.2. The Morgan fingerprint density at radius 3 is 2.57 bits per heavy atom. The predicted molar refractivity (Wildman–Crippen MR) is 92.4 cm³/mol. The lowest BCUT2D eigenvalue weighted by molar-refractivity contribution is -0.123. The van der Waals surface area contributed by atoms with Crippen LogP contribution in [0.25, 0.3) is 0 Å². The summed E-state index contributed by atoms with van der Waals surface area (Å²) in [6, 6.07) is 9.47. The van der Waals surface area contributed by atoms with Gasteiger partial charge in [-0.05, 0) is 25.0 Å². The number of likely N-dealkylation sites (tertiary alicyclic amines) is 1. The minimum atomic E-state index is -0.0742. The largest absolute Gasteiger partial charge is 0.352 e. The Labute approximate surface area is 140 Å². The molecule has 2 saturated heterocycles. The van der Waals surface area contributed by atoms with Crippen LogP contribution in [0.2, 0.25) is 0 Å². The van der Waals surface area contributed by atoms with Gasteiger partial charge in [0.05, 0.1) is 6.04 Å². The van der Waals surface area contributed by atoms with Gasteiger partial charge in [0.1, 0.15) is 0 Å². The first-order chi connectivity index (χ1) is 11.2. The van der Waals surface area contributed by atoms with E-state index in [0.29, 0.717) is 13.1 Å². The molecule has 124 valence electrons. The normalized spacial score (nSPS) is 21.9. The average molecular weight is 334 g/mol. The molecule has 3 amide bonds. The number of nitrogens with zero attached hydrogens (tertiary/aromatic N) is 1. The summed E-state index contributed by atoms with van der Waals surface area (Å²) in [4.78, 5) is 26.1. The summed E-state index contributed by atoms with van der Waals surface area (Å²) in [5, 5.41) is 9.17. The van der Waals surface area contributed by atoms with Gasteiger partial charge >= 0.3 is 6.03 Å². The van der Waals surface area contributed by atoms with Gasteiger partial charge in [-0.1, -0.05) is 18.2 Å². The highest BCUT2D eigenvalue weighted by molar-refractivity contribution is 7.99. The molecule has 2 fully saturated rings. The van der Waals surface area contributed by atoms with E-state index in [-0.39, 0.29) is 24.0 Å². The zero-order chi connectivity index (χ0) is 16.1. The third kappa shape index (κ3) is 4.39. The van der Waals surface area contributed by atoms with Crippen LogP contribution in [-0.4, -0.2) is 53.6 Å². The van der Waals surface area contributed by atoms with E-state index in [4.69, 9.17) is 0 Å². The number of thioether (sulfide) groups is 1. The van der Waals surface area contributed by atoms with Crippen LogP contribution in [0.1, 0.15) is 12.8 Å². The number of para-hydroxylation sites is 1. The summed E-state index contributed by atoms with van der Waals surface area (Å²) in [5.41, 5.74) is 0.803. The summed E-state index contributed by atoms with van der Waals surface area (Å²) in [7, 11) is 0. The van der Waals surface area contributed by atoms with Crippen LogP contribution in [0.3, 0.4) is 0 Å². The van der Waals surface area contributed by atoms with E-state index in [0.717, 1.165) is 30.2 Å². The standard InChI is InChI=1S/C16H22N4O2S/c21-15(14-10-23-11-17-14)18-13-6-8-20(9-7-13)16(22)19-12-4-2-1-3-5-12/h1-5,13-14,17H,6-11H2,(H,18,21)(H,19,22). The maximum absolute atomic E-state index is 12.2. The van der Waals surface area contributed by atoms with Gasteiger partial charge < -0.3 is 15.5 Å². The van der Waals surface area contributed by atoms with E-state index in [2.05, 4.69) is 16.0 Å². The number of hydrogen-bond acceptors (Lipinski definition) is 4. The Balaban J connectivity index is 1.42. The molecule has 0 spiro atoms. The monoisotopic (exact) mass is 334 g/mol. The van der Waals surface area contributed by atoms with Gasteiger partial charge in [-0.2, -0.15) is 0 Å². The van der Waals surface area contributed by atoms with Crippen molar-refractivity contribution in [3.8, 4) is 0 Å². The second kappa shape index (κ2) is 7.70. The molecule has 0 saturated carbocycles. The summed E-state index contributed by atoms with van der Waals surface area (Å²) in [5.74, 6) is 1.77. The molecule has 1 aromatic carbocycles. The lowest BCUT2D eigenvalue weighted by Crippen LogP contribution is -2.51. The van der Waals surface area contributed by atoms with E-state index in [1.165, 1.54) is 0 Å². The van der Waals surface area contributed by atoms with Crippen molar-refractivity contribution in [2.75, 3.05) is 30.0 Å². The molecule has 6 nitrogen and oxygen atoms in total. The maximum Gasteiger partial charge on any atom is 0.321 e. The Morgan fingerprint density at radius 2 is 1.91 bits per heavy atom. The van der Waals surface area contributed by atoms with Crippen molar-refractivity contribution in [2.24, 2.45) is 0 Å². The molecular formula is C16H22N4O2S. The molecule has 0 bridgehead atoms. The minimum absolute atomic E-state index is 0.0700. The van der Waals surface area contributed by atoms with Crippen LogP contribution < -0.4 is 16.0 Å². The number of amides is 3.